The summed E-state index contributed by atoms with van der Waals surface area (Å²) in [4.78, 5) is 21.6. The van der Waals surface area contributed by atoms with Gasteiger partial charge in [-0.1, -0.05) is 37.3 Å². The number of nitrogens with one attached hydrogen (secondary N) is 1. The van der Waals surface area contributed by atoms with Crippen LogP contribution >= 0.6 is 0 Å². The Morgan fingerprint density at radius 2 is 2.00 bits per heavy atom. The first-order valence-corrected chi connectivity index (χ1v) is 6.15. The fourth-order valence-corrected chi connectivity index (χ4v) is 1.78. The first-order chi connectivity index (χ1) is 9.58. The van der Waals surface area contributed by atoms with E-state index in [4.69, 9.17) is 4.42 Å². The molecule has 0 aliphatic heterocycles. The lowest BCUT2D eigenvalue weighted by Crippen LogP contribution is -2.27. The highest BCUT2D eigenvalue weighted by molar-refractivity contribution is 5.91. The number of carbonyl (C=O) groups excluding carboxylic acids is 1. The Balaban J connectivity index is 1.93. The van der Waals surface area contributed by atoms with Crippen LogP contribution in [0.25, 0.3) is 0 Å². The molecule has 0 aliphatic carbocycles. The lowest BCUT2D eigenvalue weighted by molar-refractivity contribution is -0.402. The summed E-state index contributed by atoms with van der Waals surface area (Å²) in [5.41, 5.74) is 1.11. The third-order valence-corrected chi connectivity index (χ3v) is 2.93. The molecule has 20 heavy (non-hydrogen) atoms. The van der Waals surface area contributed by atoms with Crippen LogP contribution in [0, 0.1) is 10.1 Å². The number of hydrogen-bond donors (Lipinski definition) is 1. The summed E-state index contributed by atoms with van der Waals surface area (Å²) in [6.45, 7) is 2.41. The van der Waals surface area contributed by atoms with Crippen LogP contribution in [-0.4, -0.2) is 17.4 Å². The number of carbonyl (C=O) groups is 1. The van der Waals surface area contributed by atoms with Crippen molar-refractivity contribution in [2.75, 3.05) is 6.54 Å². The molecule has 2 rings (SSSR count). The standard InChI is InChI=1S/C14H14N2O4/c1-10(11-5-3-2-4-6-11)9-15-14(17)12-7-8-13(20-12)16(18)19/h2-8,10H,9H2,1H3,(H,15,17). The molecule has 6 nitrogen and oxygen atoms in total. The molecule has 6 heteroatoms. The summed E-state index contributed by atoms with van der Waals surface area (Å²) in [6.07, 6.45) is 0. The van der Waals surface area contributed by atoms with Crippen molar-refractivity contribution in [2.45, 2.75) is 12.8 Å². The molecule has 1 heterocycles. The van der Waals surface area contributed by atoms with Crippen LogP contribution in [0.5, 0.6) is 0 Å². The van der Waals surface area contributed by atoms with Gasteiger partial charge in [0.1, 0.15) is 4.92 Å². The van der Waals surface area contributed by atoms with E-state index in [-0.39, 0.29) is 11.7 Å². The van der Waals surface area contributed by atoms with Gasteiger partial charge >= 0.3 is 5.88 Å². The Morgan fingerprint density at radius 1 is 1.30 bits per heavy atom. The third-order valence-electron chi connectivity index (χ3n) is 2.93. The number of nitrogens with zero attached hydrogens (tertiary/aromatic N) is 1. The molecule has 0 radical (unpaired) electrons. The zero-order valence-corrected chi connectivity index (χ0v) is 10.9. The van der Waals surface area contributed by atoms with Crippen LogP contribution in [0.4, 0.5) is 5.88 Å². The zero-order chi connectivity index (χ0) is 14.5. The number of hydrogen-bond acceptors (Lipinski definition) is 4. The number of benzene rings is 1. The van der Waals surface area contributed by atoms with Crippen molar-refractivity contribution in [1.82, 2.24) is 5.32 Å². The molecule has 0 spiro atoms. The first kappa shape index (κ1) is 13.8. The second-order valence-corrected chi connectivity index (χ2v) is 4.42. The van der Waals surface area contributed by atoms with E-state index in [0.29, 0.717) is 6.54 Å². The minimum absolute atomic E-state index is 0.0584. The van der Waals surface area contributed by atoms with Crippen molar-refractivity contribution < 1.29 is 14.1 Å². The molecule has 0 aliphatic rings. The monoisotopic (exact) mass is 274 g/mol. The minimum atomic E-state index is -0.677. The smallest absolute Gasteiger partial charge is 0.395 e. The Kier molecular flexibility index (Phi) is 4.14. The molecule has 1 unspecified atom stereocenters. The summed E-state index contributed by atoms with van der Waals surface area (Å²) in [7, 11) is 0. The molecule has 1 N–H and O–H groups in total. The van der Waals surface area contributed by atoms with Gasteiger partial charge in [0.15, 0.2) is 5.76 Å². The number of amides is 1. The van der Waals surface area contributed by atoms with Crippen molar-refractivity contribution >= 4 is 11.8 Å². The second-order valence-electron chi connectivity index (χ2n) is 4.42. The third kappa shape index (κ3) is 3.23. The van der Waals surface area contributed by atoms with E-state index in [0.717, 1.165) is 11.6 Å². The summed E-state index contributed by atoms with van der Waals surface area (Å²) >= 11 is 0. The normalized spacial score (nSPS) is 11.8. The fourth-order valence-electron chi connectivity index (χ4n) is 1.78. The van der Waals surface area contributed by atoms with Gasteiger partial charge in [-0.05, 0) is 17.5 Å². The average molecular weight is 274 g/mol. The van der Waals surface area contributed by atoms with Gasteiger partial charge in [-0.25, -0.2) is 0 Å². The molecular formula is C14H14N2O4. The second kappa shape index (κ2) is 6.01. The van der Waals surface area contributed by atoms with Crippen LogP contribution < -0.4 is 5.32 Å². The Morgan fingerprint density at radius 3 is 2.60 bits per heavy atom. The van der Waals surface area contributed by atoms with Crippen LogP contribution in [0.15, 0.2) is 46.9 Å². The molecule has 2 aromatic rings. The van der Waals surface area contributed by atoms with E-state index >= 15 is 0 Å². The van der Waals surface area contributed by atoms with Crippen LogP contribution in [0.3, 0.4) is 0 Å². The highest BCUT2D eigenvalue weighted by Gasteiger charge is 2.17. The van der Waals surface area contributed by atoms with Crippen LogP contribution in [0.2, 0.25) is 0 Å². The van der Waals surface area contributed by atoms with Gasteiger partial charge in [0.05, 0.1) is 6.07 Å². The summed E-state index contributed by atoms with van der Waals surface area (Å²) < 4.78 is 4.83. The first-order valence-electron chi connectivity index (χ1n) is 6.15. The Bertz CT molecular complexity index is 607. The lowest BCUT2D eigenvalue weighted by atomic mass is 10.0. The van der Waals surface area contributed by atoms with Gasteiger partial charge in [0.2, 0.25) is 0 Å². The van der Waals surface area contributed by atoms with E-state index in [1.165, 1.54) is 6.07 Å². The quantitative estimate of drug-likeness (QED) is 0.671. The van der Waals surface area contributed by atoms with Crippen molar-refractivity contribution in [2.24, 2.45) is 0 Å². The highest BCUT2D eigenvalue weighted by atomic mass is 16.6. The van der Waals surface area contributed by atoms with Gasteiger partial charge in [-0.2, -0.15) is 0 Å². The molecule has 1 aromatic heterocycles. The van der Waals surface area contributed by atoms with Gasteiger partial charge in [-0.3, -0.25) is 14.9 Å². The topological polar surface area (TPSA) is 85.4 Å². The fraction of sp³-hybridized carbons (Fsp3) is 0.214. The molecule has 0 saturated heterocycles. The number of nitro groups is 1. The molecule has 1 amide bonds. The molecule has 0 bridgehead atoms. The van der Waals surface area contributed by atoms with E-state index in [2.05, 4.69) is 5.32 Å². The molecule has 0 fully saturated rings. The molecule has 1 atom stereocenters. The van der Waals surface area contributed by atoms with Gasteiger partial charge < -0.3 is 9.73 Å². The van der Waals surface area contributed by atoms with Crippen molar-refractivity contribution in [3.05, 3.63) is 63.9 Å². The van der Waals surface area contributed by atoms with Crippen molar-refractivity contribution in [3.8, 4) is 0 Å². The summed E-state index contributed by atoms with van der Waals surface area (Å²) in [6, 6.07) is 12.2. The van der Waals surface area contributed by atoms with E-state index < -0.39 is 16.7 Å². The van der Waals surface area contributed by atoms with E-state index in [1.807, 2.05) is 37.3 Å². The maximum absolute atomic E-state index is 11.8. The summed E-state index contributed by atoms with van der Waals surface area (Å²) in [5.74, 6) is -0.811. The molecule has 104 valence electrons. The molecule has 1 aromatic carbocycles. The SMILES string of the molecule is CC(CNC(=O)c1ccc([N+](=O)[O-])o1)c1ccccc1. The number of furan rings is 1. The van der Waals surface area contributed by atoms with Gasteiger partial charge in [0.25, 0.3) is 5.91 Å². The average Bonchev–Trinajstić information content (AvgIpc) is 2.95. The van der Waals surface area contributed by atoms with Crippen molar-refractivity contribution in [3.63, 3.8) is 0 Å². The highest BCUT2D eigenvalue weighted by Crippen LogP contribution is 2.16. The predicted molar refractivity (Wildman–Crippen MR) is 72.6 cm³/mol. The number of rotatable bonds is 5. The largest absolute Gasteiger partial charge is 0.433 e. The Labute approximate surface area is 115 Å². The minimum Gasteiger partial charge on any atom is -0.395 e. The van der Waals surface area contributed by atoms with Gasteiger partial charge in [-0.15, -0.1) is 0 Å². The maximum atomic E-state index is 11.8. The van der Waals surface area contributed by atoms with E-state index in [1.54, 1.807) is 0 Å². The van der Waals surface area contributed by atoms with Crippen LogP contribution in [0.1, 0.15) is 29.0 Å². The molecule has 0 saturated carbocycles. The predicted octanol–water partition coefficient (Wildman–Crippen LogP) is 2.72. The maximum Gasteiger partial charge on any atom is 0.433 e. The summed E-state index contributed by atoms with van der Waals surface area (Å²) in [5, 5.41) is 13.2. The van der Waals surface area contributed by atoms with E-state index in [9.17, 15) is 14.9 Å². The van der Waals surface area contributed by atoms with Crippen LogP contribution in [-0.2, 0) is 0 Å². The van der Waals surface area contributed by atoms with Crippen molar-refractivity contribution in [1.29, 1.82) is 0 Å². The zero-order valence-electron chi connectivity index (χ0n) is 10.9. The molecular weight excluding hydrogens is 260 g/mol. The Hall–Kier alpha value is -2.63. The lowest BCUT2D eigenvalue weighted by Gasteiger charge is -2.12. The van der Waals surface area contributed by atoms with Gasteiger partial charge in [0, 0.05) is 6.54 Å².